The molecule has 1 aromatic rings. The van der Waals surface area contributed by atoms with E-state index in [2.05, 4.69) is 0 Å². The minimum absolute atomic E-state index is 0.256. The molecule has 1 aliphatic heterocycles. The van der Waals surface area contributed by atoms with Crippen molar-refractivity contribution in [3.63, 3.8) is 0 Å². The minimum Gasteiger partial charge on any atom is -0.491 e. The van der Waals surface area contributed by atoms with Crippen molar-refractivity contribution in [1.82, 2.24) is 4.90 Å². The number of aryl methyl sites for hydroxylation is 1. The third-order valence-corrected chi connectivity index (χ3v) is 3.37. The van der Waals surface area contributed by atoms with Gasteiger partial charge in [0.25, 0.3) is 0 Å². The second-order valence-corrected chi connectivity index (χ2v) is 6.55. The van der Waals surface area contributed by atoms with E-state index in [4.69, 9.17) is 15.2 Å². The topological polar surface area (TPSA) is 64.8 Å². The highest BCUT2D eigenvalue weighted by molar-refractivity contribution is 5.69. The van der Waals surface area contributed by atoms with Crippen molar-refractivity contribution in [3.05, 3.63) is 23.8 Å². The minimum atomic E-state index is -0.450. The van der Waals surface area contributed by atoms with Gasteiger partial charge < -0.3 is 20.1 Å². The number of hydrogen-bond donors (Lipinski definition) is 1. The molecule has 21 heavy (non-hydrogen) atoms. The van der Waals surface area contributed by atoms with Crippen LogP contribution in [0.4, 0.5) is 10.5 Å². The van der Waals surface area contributed by atoms with Crippen molar-refractivity contribution < 1.29 is 14.3 Å². The molecular formula is C16H24N2O3. The summed E-state index contributed by atoms with van der Waals surface area (Å²) >= 11 is 0. The molecule has 5 nitrogen and oxygen atoms in total. The molecule has 0 aromatic heterocycles. The molecule has 5 heteroatoms. The largest absolute Gasteiger partial charge is 0.491 e. The number of para-hydroxylation sites is 1. The molecule has 1 aromatic carbocycles. The van der Waals surface area contributed by atoms with E-state index in [0.717, 1.165) is 5.56 Å². The van der Waals surface area contributed by atoms with Crippen molar-refractivity contribution in [2.24, 2.45) is 5.92 Å². The molecule has 1 aliphatic rings. The molecule has 1 fully saturated rings. The Morgan fingerprint density at radius 1 is 1.38 bits per heavy atom. The van der Waals surface area contributed by atoms with E-state index >= 15 is 0 Å². The summed E-state index contributed by atoms with van der Waals surface area (Å²) in [4.78, 5) is 13.5. The lowest BCUT2D eigenvalue weighted by Crippen LogP contribution is -2.53. The lowest BCUT2D eigenvalue weighted by atomic mass is 10.0. The molecular weight excluding hydrogens is 268 g/mol. The van der Waals surface area contributed by atoms with Crippen LogP contribution in [0.5, 0.6) is 5.75 Å². The SMILES string of the molecule is Cc1cccc(OCC2CN(C(=O)OC(C)(C)C)C2)c1N. The van der Waals surface area contributed by atoms with Crippen LogP contribution >= 0.6 is 0 Å². The monoisotopic (exact) mass is 292 g/mol. The highest BCUT2D eigenvalue weighted by atomic mass is 16.6. The maximum absolute atomic E-state index is 11.8. The summed E-state index contributed by atoms with van der Waals surface area (Å²) in [6, 6.07) is 5.75. The smallest absolute Gasteiger partial charge is 0.410 e. The van der Waals surface area contributed by atoms with Crippen LogP contribution in [0, 0.1) is 12.8 Å². The fourth-order valence-electron chi connectivity index (χ4n) is 2.14. The zero-order valence-electron chi connectivity index (χ0n) is 13.2. The van der Waals surface area contributed by atoms with Gasteiger partial charge in [0.1, 0.15) is 11.4 Å². The normalized spacial score (nSPS) is 15.5. The molecule has 1 amide bonds. The van der Waals surface area contributed by atoms with Crippen molar-refractivity contribution in [2.75, 3.05) is 25.4 Å². The van der Waals surface area contributed by atoms with Gasteiger partial charge in [-0.25, -0.2) is 4.79 Å². The van der Waals surface area contributed by atoms with Gasteiger partial charge in [0.15, 0.2) is 0 Å². The number of likely N-dealkylation sites (tertiary alicyclic amines) is 1. The average molecular weight is 292 g/mol. The Hall–Kier alpha value is -1.91. The van der Waals surface area contributed by atoms with Crippen LogP contribution in [0.25, 0.3) is 0 Å². The van der Waals surface area contributed by atoms with Gasteiger partial charge in [0, 0.05) is 19.0 Å². The van der Waals surface area contributed by atoms with Crippen molar-refractivity contribution >= 4 is 11.8 Å². The van der Waals surface area contributed by atoms with Gasteiger partial charge in [-0.1, -0.05) is 12.1 Å². The number of ether oxygens (including phenoxy) is 2. The molecule has 0 unspecified atom stereocenters. The summed E-state index contributed by atoms with van der Waals surface area (Å²) in [5.41, 5.74) is 7.21. The van der Waals surface area contributed by atoms with Gasteiger partial charge in [0.2, 0.25) is 0 Å². The first-order valence-corrected chi connectivity index (χ1v) is 7.22. The molecule has 1 heterocycles. The Bertz CT molecular complexity index is 517. The number of hydrogen-bond acceptors (Lipinski definition) is 4. The molecule has 0 aliphatic carbocycles. The summed E-state index contributed by atoms with van der Waals surface area (Å²) in [5, 5.41) is 0. The summed E-state index contributed by atoms with van der Waals surface area (Å²) in [6.45, 7) is 9.45. The number of carbonyl (C=O) groups is 1. The van der Waals surface area contributed by atoms with Crippen LogP contribution in [0.2, 0.25) is 0 Å². The van der Waals surface area contributed by atoms with Gasteiger partial charge in [-0.15, -0.1) is 0 Å². The van der Waals surface area contributed by atoms with Crippen LogP contribution in [0.15, 0.2) is 18.2 Å². The number of carbonyl (C=O) groups excluding carboxylic acids is 1. The quantitative estimate of drug-likeness (QED) is 0.870. The highest BCUT2D eigenvalue weighted by Gasteiger charge is 2.34. The fourth-order valence-corrected chi connectivity index (χ4v) is 2.14. The summed E-state index contributed by atoms with van der Waals surface area (Å²) < 4.78 is 11.1. The summed E-state index contributed by atoms with van der Waals surface area (Å²) in [7, 11) is 0. The number of rotatable bonds is 3. The van der Waals surface area contributed by atoms with E-state index in [-0.39, 0.29) is 6.09 Å². The van der Waals surface area contributed by atoms with E-state index in [9.17, 15) is 4.79 Å². The number of anilines is 1. The predicted octanol–water partition coefficient (Wildman–Crippen LogP) is 2.82. The Balaban J connectivity index is 1.76. The first-order chi connectivity index (χ1) is 9.76. The number of nitrogens with zero attached hydrogens (tertiary/aromatic N) is 1. The Morgan fingerprint density at radius 2 is 2.05 bits per heavy atom. The Labute approximate surface area is 126 Å². The molecule has 0 saturated carbocycles. The third-order valence-electron chi connectivity index (χ3n) is 3.37. The van der Waals surface area contributed by atoms with Gasteiger partial charge in [-0.3, -0.25) is 0 Å². The maximum atomic E-state index is 11.8. The van der Waals surface area contributed by atoms with E-state index < -0.39 is 5.60 Å². The second kappa shape index (κ2) is 5.84. The number of amides is 1. The zero-order chi connectivity index (χ0) is 15.6. The third kappa shape index (κ3) is 4.03. The first kappa shape index (κ1) is 15.5. The van der Waals surface area contributed by atoms with Crippen LogP contribution in [-0.2, 0) is 4.74 Å². The van der Waals surface area contributed by atoms with Gasteiger partial charge >= 0.3 is 6.09 Å². The molecule has 0 bridgehead atoms. The van der Waals surface area contributed by atoms with E-state index in [1.54, 1.807) is 4.90 Å². The number of benzene rings is 1. The van der Waals surface area contributed by atoms with Crippen molar-refractivity contribution in [1.29, 1.82) is 0 Å². The standard InChI is InChI=1S/C16H24N2O3/c1-11-6-5-7-13(14(11)17)20-10-12-8-18(9-12)15(19)21-16(2,3)4/h5-7,12H,8-10,17H2,1-4H3. The summed E-state index contributed by atoms with van der Waals surface area (Å²) in [5.74, 6) is 1.04. The predicted molar refractivity (Wildman–Crippen MR) is 82.4 cm³/mol. The van der Waals surface area contributed by atoms with E-state index in [1.165, 1.54) is 0 Å². The number of nitrogens with two attached hydrogens (primary N) is 1. The van der Waals surface area contributed by atoms with Crippen LogP contribution in [0.3, 0.4) is 0 Å². The number of nitrogen functional groups attached to an aromatic ring is 1. The second-order valence-electron chi connectivity index (χ2n) is 6.55. The Kier molecular flexibility index (Phi) is 4.30. The molecule has 1 saturated heterocycles. The van der Waals surface area contributed by atoms with Crippen LogP contribution < -0.4 is 10.5 Å². The molecule has 116 valence electrons. The lowest BCUT2D eigenvalue weighted by Gasteiger charge is -2.39. The zero-order valence-corrected chi connectivity index (χ0v) is 13.2. The molecule has 0 radical (unpaired) electrons. The van der Waals surface area contributed by atoms with Gasteiger partial charge in [0.05, 0.1) is 12.3 Å². The highest BCUT2D eigenvalue weighted by Crippen LogP contribution is 2.26. The van der Waals surface area contributed by atoms with Crippen molar-refractivity contribution in [3.8, 4) is 5.75 Å². The lowest BCUT2D eigenvalue weighted by molar-refractivity contribution is -0.00777. The summed E-state index contributed by atoms with van der Waals surface area (Å²) in [6.07, 6.45) is -0.256. The average Bonchev–Trinajstić information content (AvgIpc) is 2.30. The van der Waals surface area contributed by atoms with Gasteiger partial charge in [-0.2, -0.15) is 0 Å². The fraction of sp³-hybridized carbons (Fsp3) is 0.562. The van der Waals surface area contributed by atoms with Crippen LogP contribution in [0.1, 0.15) is 26.3 Å². The first-order valence-electron chi connectivity index (χ1n) is 7.22. The maximum Gasteiger partial charge on any atom is 0.410 e. The molecule has 2 rings (SSSR count). The molecule has 0 atom stereocenters. The molecule has 0 spiro atoms. The van der Waals surface area contributed by atoms with Crippen molar-refractivity contribution in [2.45, 2.75) is 33.3 Å². The Morgan fingerprint density at radius 3 is 2.67 bits per heavy atom. The van der Waals surface area contributed by atoms with Gasteiger partial charge in [-0.05, 0) is 39.3 Å². The van der Waals surface area contributed by atoms with E-state index in [1.807, 2.05) is 45.9 Å². The van der Waals surface area contributed by atoms with E-state index in [0.29, 0.717) is 37.1 Å². The van der Waals surface area contributed by atoms with Crippen LogP contribution in [-0.4, -0.2) is 36.3 Å². The molecule has 2 N–H and O–H groups in total.